The van der Waals surface area contributed by atoms with Gasteiger partial charge in [0.15, 0.2) is 5.78 Å². The van der Waals surface area contributed by atoms with Crippen molar-refractivity contribution < 1.29 is 24.4 Å². The smallest absolute Gasteiger partial charge is 0.346 e. The third kappa shape index (κ3) is 3.18. The van der Waals surface area contributed by atoms with Crippen LogP contribution >= 0.6 is 0 Å². The molecule has 20 heavy (non-hydrogen) atoms. The average Bonchev–Trinajstić information content (AvgIpc) is 2.38. The summed E-state index contributed by atoms with van der Waals surface area (Å²) in [5.41, 5.74) is -2.60. The summed E-state index contributed by atoms with van der Waals surface area (Å²) >= 11 is 0. The number of hydrogen-bond donors (Lipinski definition) is 1. The molecule has 7 nitrogen and oxygen atoms in total. The molecule has 1 atom stereocenters. The van der Waals surface area contributed by atoms with Crippen LogP contribution in [-0.4, -0.2) is 34.0 Å². The summed E-state index contributed by atoms with van der Waals surface area (Å²) in [5, 5.41) is 21.1. The van der Waals surface area contributed by atoms with Crippen LogP contribution in [0.1, 0.15) is 19.4 Å². The third-order valence-electron chi connectivity index (χ3n) is 2.83. The lowest BCUT2D eigenvalue weighted by Crippen LogP contribution is -2.48. The standard InChI is InChI=1S/C13H15NO6/c1-3-20-12(16)13(17,9(2)15)8-10-6-4-5-7-11(10)14(18)19/h4-7,17H,3,8H2,1-2H3. The maximum absolute atomic E-state index is 11.7. The van der Waals surface area contributed by atoms with E-state index in [1.54, 1.807) is 0 Å². The Morgan fingerprint density at radius 2 is 2.00 bits per heavy atom. The van der Waals surface area contributed by atoms with Crippen LogP contribution in [0, 0.1) is 10.1 Å². The van der Waals surface area contributed by atoms with Crippen molar-refractivity contribution in [3.05, 3.63) is 39.9 Å². The summed E-state index contributed by atoms with van der Waals surface area (Å²) in [6.45, 7) is 2.56. The molecule has 0 amide bonds. The normalized spacial score (nSPS) is 13.3. The van der Waals surface area contributed by atoms with E-state index in [0.717, 1.165) is 6.92 Å². The summed E-state index contributed by atoms with van der Waals surface area (Å²) < 4.78 is 4.66. The predicted molar refractivity (Wildman–Crippen MR) is 69.1 cm³/mol. The van der Waals surface area contributed by atoms with Gasteiger partial charge in [-0.1, -0.05) is 18.2 Å². The highest BCUT2D eigenvalue weighted by Crippen LogP contribution is 2.24. The first-order chi connectivity index (χ1) is 9.32. The van der Waals surface area contributed by atoms with Crippen LogP contribution in [0.3, 0.4) is 0 Å². The van der Waals surface area contributed by atoms with Gasteiger partial charge in [-0.15, -0.1) is 0 Å². The quantitative estimate of drug-likeness (QED) is 0.361. The van der Waals surface area contributed by atoms with Gasteiger partial charge in [0.2, 0.25) is 5.60 Å². The van der Waals surface area contributed by atoms with E-state index in [0.29, 0.717) is 0 Å². The Balaban J connectivity index is 3.18. The van der Waals surface area contributed by atoms with E-state index in [9.17, 15) is 24.8 Å². The number of nitrogens with zero attached hydrogens (tertiary/aromatic N) is 1. The molecule has 0 saturated heterocycles. The van der Waals surface area contributed by atoms with Crippen LogP contribution in [0.2, 0.25) is 0 Å². The number of ketones is 1. The zero-order valence-electron chi connectivity index (χ0n) is 11.2. The first kappa shape index (κ1) is 15.8. The van der Waals surface area contributed by atoms with Crippen molar-refractivity contribution >= 4 is 17.4 Å². The number of benzene rings is 1. The fourth-order valence-electron chi connectivity index (χ4n) is 1.70. The second-order valence-corrected chi connectivity index (χ2v) is 4.20. The molecule has 1 aromatic carbocycles. The molecule has 0 heterocycles. The van der Waals surface area contributed by atoms with Crippen LogP contribution in [0.15, 0.2) is 24.3 Å². The molecule has 0 aromatic heterocycles. The molecule has 0 bridgehead atoms. The van der Waals surface area contributed by atoms with Gasteiger partial charge in [-0.25, -0.2) is 4.79 Å². The van der Waals surface area contributed by atoms with Crippen LogP contribution in [0.4, 0.5) is 5.69 Å². The first-order valence-electron chi connectivity index (χ1n) is 5.95. The largest absolute Gasteiger partial charge is 0.464 e. The zero-order chi connectivity index (χ0) is 15.3. The Bertz CT molecular complexity index is 541. The highest BCUT2D eigenvalue weighted by Gasteiger charge is 2.44. The second-order valence-electron chi connectivity index (χ2n) is 4.20. The van der Waals surface area contributed by atoms with Crippen LogP contribution in [0.5, 0.6) is 0 Å². The van der Waals surface area contributed by atoms with Gasteiger partial charge < -0.3 is 9.84 Å². The van der Waals surface area contributed by atoms with Crippen molar-refractivity contribution in [1.82, 2.24) is 0 Å². The Kier molecular flexibility index (Phi) is 4.93. The van der Waals surface area contributed by atoms with Gasteiger partial charge in [0, 0.05) is 18.1 Å². The SMILES string of the molecule is CCOC(=O)C(O)(Cc1ccccc1[N+](=O)[O-])C(C)=O. The fraction of sp³-hybridized carbons (Fsp3) is 0.385. The molecule has 1 aromatic rings. The molecular formula is C13H15NO6. The van der Waals surface area contributed by atoms with Gasteiger partial charge in [0.05, 0.1) is 11.5 Å². The Hall–Kier alpha value is -2.28. The van der Waals surface area contributed by atoms with E-state index in [1.807, 2.05) is 0 Å². The zero-order valence-corrected chi connectivity index (χ0v) is 11.2. The van der Waals surface area contributed by atoms with E-state index in [-0.39, 0.29) is 17.9 Å². The molecule has 1 rings (SSSR count). The van der Waals surface area contributed by atoms with Crippen LogP contribution < -0.4 is 0 Å². The summed E-state index contributed by atoms with van der Waals surface area (Å²) in [6.07, 6.45) is -0.502. The lowest BCUT2D eigenvalue weighted by Gasteiger charge is -2.22. The minimum Gasteiger partial charge on any atom is -0.464 e. The van der Waals surface area contributed by atoms with E-state index in [1.165, 1.54) is 31.2 Å². The monoisotopic (exact) mass is 281 g/mol. The summed E-state index contributed by atoms with van der Waals surface area (Å²) in [5.74, 6) is -1.93. The fourth-order valence-corrected chi connectivity index (χ4v) is 1.70. The molecule has 1 N–H and O–H groups in total. The molecule has 1 unspecified atom stereocenters. The minimum absolute atomic E-state index is 0.00862. The summed E-state index contributed by atoms with van der Waals surface area (Å²) in [4.78, 5) is 33.5. The molecule has 0 saturated carbocycles. The molecule has 7 heteroatoms. The van der Waals surface area contributed by atoms with Crippen molar-refractivity contribution in [2.24, 2.45) is 0 Å². The van der Waals surface area contributed by atoms with Crippen molar-refractivity contribution in [2.75, 3.05) is 6.61 Å². The number of esters is 1. The van der Waals surface area contributed by atoms with Crippen LogP contribution in [0.25, 0.3) is 0 Å². The highest BCUT2D eigenvalue weighted by molar-refractivity contribution is 6.06. The molecule has 0 radical (unpaired) electrons. The second kappa shape index (κ2) is 6.25. The van der Waals surface area contributed by atoms with Crippen molar-refractivity contribution in [3.8, 4) is 0 Å². The minimum atomic E-state index is -2.41. The topological polar surface area (TPSA) is 107 Å². The van der Waals surface area contributed by atoms with Crippen LogP contribution in [-0.2, 0) is 20.7 Å². The predicted octanol–water partition coefficient (Wildman–Crippen LogP) is 1.02. The summed E-state index contributed by atoms with van der Waals surface area (Å²) in [7, 11) is 0. The summed E-state index contributed by atoms with van der Waals surface area (Å²) in [6, 6.07) is 5.60. The van der Waals surface area contributed by atoms with Gasteiger partial charge in [0.25, 0.3) is 5.69 Å². The van der Waals surface area contributed by atoms with E-state index >= 15 is 0 Å². The number of rotatable bonds is 6. The van der Waals surface area contributed by atoms with Gasteiger partial charge in [0.1, 0.15) is 0 Å². The van der Waals surface area contributed by atoms with Gasteiger partial charge in [-0.3, -0.25) is 14.9 Å². The molecular weight excluding hydrogens is 266 g/mol. The van der Waals surface area contributed by atoms with Crippen molar-refractivity contribution in [3.63, 3.8) is 0 Å². The Labute approximate surface area is 115 Å². The molecule has 0 spiro atoms. The average molecular weight is 281 g/mol. The van der Waals surface area contributed by atoms with Gasteiger partial charge in [-0.05, 0) is 13.8 Å². The lowest BCUT2D eigenvalue weighted by atomic mass is 9.90. The van der Waals surface area contributed by atoms with Crippen molar-refractivity contribution in [1.29, 1.82) is 0 Å². The maximum atomic E-state index is 11.7. The lowest BCUT2D eigenvalue weighted by molar-refractivity contribution is -0.385. The molecule has 0 aliphatic heterocycles. The molecule has 0 aliphatic carbocycles. The number of nitro groups is 1. The number of Topliss-reactive ketones (excluding diaryl/α,β-unsaturated/α-hetero) is 1. The first-order valence-corrected chi connectivity index (χ1v) is 5.95. The third-order valence-corrected chi connectivity index (χ3v) is 2.83. The van der Waals surface area contributed by atoms with Crippen molar-refractivity contribution in [2.45, 2.75) is 25.9 Å². The molecule has 108 valence electrons. The maximum Gasteiger partial charge on any atom is 0.346 e. The Morgan fingerprint density at radius 3 is 2.50 bits per heavy atom. The highest BCUT2D eigenvalue weighted by atomic mass is 16.6. The number of nitro benzene ring substituents is 1. The van der Waals surface area contributed by atoms with E-state index in [4.69, 9.17) is 0 Å². The molecule has 0 aliphatic rings. The van der Waals surface area contributed by atoms with Gasteiger partial charge in [-0.2, -0.15) is 0 Å². The molecule has 0 fully saturated rings. The number of carbonyl (C=O) groups is 2. The number of ether oxygens (including phenoxy) is 1. The number of aliphatic hydroxyl groups is 1. The number of carbonyl (C=O) groups excluding carboxylic acids is 2. The van der Waals surface area contributed by atoms with E-state index in [2.05, 4.69) is 4.74 Å². The van der Waals surface area contributed by atoms with Gasteiger partial charge >= 0.3 is 5.97 Å². The number of para-hydroxylation sites is 1. The number of hydrogen-bond acceptors (Lipinski definition) is 6. The van der Waals surface area contributed by atoms with E-state index < -0.39 is 28.7 Å². The Morgan fingerprint density at radius 1 is 1.40 bits per heavy atom.